The first-order valence-electron chi connectivity index (χ1n) is 4.66. The standard InChI is InChI=1S/C11H11BrClNO2S/c1-9(12)8-14-17(15,16)7-6-10-2-4-11(13)5-3-10/h2-7,14H,1,8H2/b7-6+. The summed E-state index contributed by atoms with van der Waals surface area (Å²) >= 11 is 8.79. The molecule has 0 aliphatic rings. The summed E-state index contributed by atoms with van der Waals surface area (Å²) in [5.41, 5.74) is 0.762. The zero-order chi connectivity index (χ0) is 12.9. The lowest BCUT2D eigenvalue weighted by atomic mass is 10.2. The molecular formula is C11H11BrClNO2S. The van der Waals surface area contributed by atoms with Crippen LogP contribution in [0.2, 0.25) is 5.02 Å². The normalized spacial score (nSPS) is 11.9. The minimum absolute atomic E-state index is 0.160. The van der Waals surface area contributed by atoms with E-state index in [1.54, 1.807) is 24.3 Å². The Morgan fingerprint density at radius 1 is 1.41 bits per heavy atom. The fourth-order valence-electron chi connectivity index (χ4n) is 0.969. The maximum atomic E-state index is 11.5. The maximum absolute atomic E-state index is 11.5. The first-order chi connectivity index (χ1) is 7.89. The summed E-state index contributed by atoms with van der Waals surface area (Å²) in [5.74, 6) is 0. The molecule has 3 nitrogen and oxygen atoms in total. The average Bonchev–Trinajstić information content (AvgIpc) is 2.26. The Labute approximate surface area is 114 Å². The topological polar surface area (TPSA) is 46.2 Å². The number of sulfonamides is 1. The highest BCUT2D eigenvalue weighted by molar-refractivity contribution is 9.11. The molecular weight excluding hydrogens is 326 g/mol. The average molecular weight is 337 g/mol. The van der Waals surface area contributed by atoms with Gasteiger partial charge in [-0.3, -0.25) is 0 Å². The third-order valence-corrected chi connectivity index (χ3v) is 3.35. The van der Waals surface area contributed by atoms with E-state index in [0.717, 1.165) is 11.0 Å². The van der Waals surface area contributed by atoms with Crippen LogP contribution >= 0.6 is 27.5 Å². The van der Waals surface area contributed by atoms with Crippen molar-refractivity contribution in [1.29, 1.82) is 0 Å². The third-order valence-electron chi connectivity index (χ3n) is 1.77. The summed E-state index contributed by atoms with van der Waals surface area (Å²) in [6.45, 7) is 3.70. The van der Waals surface area contributed by atoms with Gasteiger partial charge in [0, 0.05) is 21.5 Å². The highest BCUT2D eigenvalue weighted by atomic mass is 79.9. The summed E-state index contributed by atoms with van der Waals surface area (Å²) in [7, 11) is -3.44. The molecule has 1 N–H and O–H groups in total. The van der Waals surface area contributed by atoms with Crippen LogP contribution in [-0.2, 0) is 10.0 Å². The van der Waals surface area contributed by atoms with Crippen molar-refractivity contribution >= 4 is 43.6 Å². The van der Waals surface area contributed by atoms with Crippen molar-refractivity contribution in [3.05, 3.63) is 51.3 Å². The van der Waals surface area contributed by atoms with Crippen molar-refractivity contribution < 1.29 is 8.42 Å². The Hall–Kier alpha value is -0.620. The second kappa shape index (κ2) is 6.35. The van der Waals surface area contributed by atoms with Gasteiger partial charge in [-0.05, 0) is 23.8 Å². The van der Waals surface area contributed by atoms with Gasteiger partial charge in [0.15, 0.2) is 0 Å². The van der Waals surface area contributed by atoms with Crippen LogP contribution in [-0.4, -0.2) is 15.0 Å². The van der Waals surface area contributed by atoms with Crippen LogP contribution in [0, 0.1) is 0 Å². The minimum atomic E-state index is -3.44. The van der Waals surface area contributed by atoms with Gasteiger partial charge in [-0.15, -0.1) is 0 Å². The van der Waals surface area contributed by atoms with Crippen LogP contribution in [0.25, 0.3) is 6.08 Å². The molecule has 0 aliphatic carbocycles. The monoisotopic (exact) mass is 335 g/mol. The summed E-state index contributed by atoms with van der Waals surface area (Å²) in [6.07, 6.45) is 1.50. The second-order valence-electron chi connectivity index (χ2n) is 3.24. The second-order valence-corrected chi connectivity index (χ2v) is 6.45. The molecule has 17 heavy (non-hydrogen) atoms. The SMILES string of the molecule is C=C(Br)CNS(=O)(=O)/C=C/c1ccc(Cl)cc1. The Bertz CT molecular complexity index is 523. The predicted octanol–water partition coefficient (Wildman–Crippen LogP) is 3.14. The Morgan fingerprint density at radius 2 is 2.00 bits per heavy atom. The number of hydrogen-bond acceptors (Lipinski definition) is 2. The quantitative estimate of drug-likeness (QED) is 0.898. The minimum Gasteiger partial charge on any atom is -0.208 e. The molecule has 0 atom stereocenters. The zero-order valence-corrected chi connectivity index (χ0v) is 12.0. The number of halogens is 2. The van der Waals surface area contributed by atoms with E-state index in [4.69, 9.17) is 11.6 Å². The van der Waals surface area contributed by atoms with Gasteiger partial charge in [-0.1, -0.05) is 46.2 Å². The van der Waals surface area contributed by atoms with E-state index < -0.39 is 10.0 Å². The Kier molecular flexibility index (Phi) is 5.39. The molecule has 1 aromatic carbocycles. The molecule has 0 saturated heterocycles. The van der Waals surface area contributed by atoms with Crippen molar-refractivity contribution in [2.45, 2.75) is 0 Å². The molecule has 0 saturated carbocycles. The van der Waals surface area contributed by atoms with Crippen molar-refractivity contribution in [3.63, 3.8) is 0 Å². The molecule has 1 rings (SSSR count). The number of nitrogens with one attached hydrogen (secondary N) is 1. The van der Waals surface area contributed by atoms with Crippen molar-refractivity contribution in [3.8, 4) is 0 Å². The lowest BCUT2D eigenvalue weighted by molar-refractivity contribution is 0.595. The first kappa shape index (κ1) is 14.4. The molecule has 0 spiro atoms. The lowest BCUT2D eigenvalue weighted by Crippen LogP contribution is -2.22. The highest BCUT2D eigenvalue weighted by Gasteiger charge is 2.03. The van der Waals surface area contributed by atoms with Gasteiger partial charge in [0.1, 0.15) is 0 Å². The maximum Gasteiger partial charge on any atom is 0.234 e. The fraction of sp³-hybridized carbons (Fsp3) is 0.0909. The van der Waals surface area contributed by atoms with Crippen molar-refractivity contribution in [1.82, 2.24) is 4.72 Å². The Balaban J connectivity index is 2.70. The van der Waals surface area contributed by atoms with Crippen LogP contribution in [0.3, 0.4) is 0 Å². The molecule has 0 radical (unpaired) electrons. The van der Waals surface area contributed by atoms with Gasteiger partial charge in [0.25, 0.3) is 0 Å². The molecule has 0 bridgehead atoms. The zero-order valence-electron chi connectivity index (χ0n) is 8.86. The van der Waals surface area contributed by atoms with Crippen LogP contribution in [0.4, 0.5) is 0 Å². The van der Waals surface area contributed by atoms with Crippen molar-refractivity contribution in [2.75, 3.05) is 6.54 Å². The molecule has 0 fully saturated rings. The van der Waals surface area contributed by atoms with E-state index >= 15 is 0 Å². The van der Waals surface area contributed by atoms with Crippen LogP contribution in [0.1, 0.15) is 5.56 Å². The molecule has 92 valence electrons. The Morgan fingerprint density at radius 3 is 2.53 bits per heavy atom. The fourth-order valence-corrected chi connectivity index (χ4v) is 2.23. The predicted molar refractivity (Wildman–Crippen MR) is 75.5 cm³/mol. The van der Waals surface area contributed by atoms with Crippen LogP contribution in [0.15, 0.2) is 40.7 Å². The summed E-state index contributed by atoms with van der Waals surface area (Å²) in [5, 5.41) is 1.71. The number of benzene rings is 1. The van der Waals surface area contributed by atoms with E-state index in [1.165, 1.54) is 6.08 Å². The molecule has 0 aromatic heterocycles. The molecule has 0 heterocycles. The highest BCUT2D eigenvalue weighted by Crippen LogP contribution is 2.11. The van der Waals surface area contributed by atoms with E-state index in [1.807, 2.05) is 0 Å². The smallest absolute Gasteiger partial charge is 0.208 e. The van der Waals surface area contributed by atoms with Crippen LogP contribution < -0.4 is 4.72 Å². The summed E-state index contributed by atoms with van der Waals surface area (Å²) in [4.78, 5) is 0. The summed E-state index contributed by atoms with van der Waals surface area (Å²) < 4.78 is 25.9. The number of hydrogen-bond donors (Lipinski definition) is 1. The van der Waals surface area contributed by atoms with E-state index in [-0.39, 0.29) is 6.54 Å². The van der Waals surface area contributed by atoms with Gasteiger partial charge >= 0.3 is 0 Å². The first-order valence-corrected chi connectivity index (χ1v) is 7.37. The van der Waals surface area contributed by atoms with Crippen LogP contribution in [0.5, 0.6) is 0 Å². The molecule has 0 amide bonds. The van der Waals surface area contributed by atoms with E-state index in [9.17, 15) is 8.42 Å². The van der Waals surface area contributed by atoms with Crippen molar-refractivity contribution in [2.24, 2.45) is 0 Å². The molecule has 6 heteroatoms. The molecule has 1 aromatic rings. The third kappa shape index (κ3) is 6.02. The van der Waals surface area contributed by atoms with Gasteiger partial charge < -0.3 is 0 Å². The van der Waals surface area contributed by atoms with E-state index in [0.29, 0.717) is 9.51 Å². The van der Waals surface area contributed by atoms with E-state index in [2.05, 4.69) is 27.2 Å². The van der Waals surface area contributed by atoms with Gasteiger partial charge in [0.05, 0.1) is 0 Å². The van der Waals surface area contributed by atoms with Gasteiger partial charge in [-0.25, -0.2) is 13.1 Å². The molecule has 0 aliphatic heterocycles. The number of rotatable bonds is 5. The van der Waals surface area contributed by atoms with Gasteiger partial charge in [0.2, 0.25) is 10.0 Å². The van der Waals surface area contributed by atoms with Gasteiger partial charge in [-0.2, -0.15) is 0 Å². The largest absolute Gasteiger partial charge is 0.234 e. The summed E-state index contributed by atoms with van der Waals surface area (Å²) in [6, 6.07) is 6.86. The lowest BCUT2D eigenvalue weighted by Gasteiger charge is -2.00. The molecule has 0 unspecified atom stereocenters.